The Morgan fingerprint density at radius 1 is 1.37 bits per heavy atom. The molecule has 1 N–H and O–H groups in total. The normalized spacial score (nSPS) is 21.9. The van der Waals surface area contributed by atoms with Crippen LogP contribution in [0.5, 0.6) is 0 Å². The van der Waals surface area contributed by atoms with Gasteiger partial charge in [-0.15, -0.1) is 0 Å². The Morgan fingerprint density at radius 2 is 2.05 bits per heavy atom. The second-order valence-corrected chi connectivity index (χ2v) is 5.88. The molecule has 1 unspecified atom stereocenters. The first-order valence-corrected chi connectivity index (χ1v) is 6.35. The van der Waals surface area contributed by atoms with Crippen molar-refractivity contribution in [2.24, 2.45) is 5.41 Å². The van der Waals surface area contributed by atoms with Crippen molar-refractivity contribution >= 4 is 11.8 Å². The van der Waals surface area contributed by atoms with Gasteiger partial charge in [-0.2, -0.15) is 0 Å². The Labute approximate surface area is 113 Å². The highest BCUT2D eigenvalue weighted by molar-refractivity contribution is 5.92. The van der Waals surface area contributed by atoms with Crippen molar-refractivity contribution in [3.63, 3.8) is 0 Å². The summed E-state index contributed by atoms with van der Waals surface area (Å²) in [5.41, 5.74) is 2.07. The molecule has 3 heteroatoms. The van der Waals surface area contributed by atoms with E-state index in [0.29, 0.717) is 6.42 Å². The number of hydrogen-bond donors (Lipinski definition) is 1. The zero-order chi connectivity index (χ0) is 14.2. The van der Waals surface area contributed by atoms with Crippen LogP contribution >= 0.6 is 0 Å². The lowest BCUT2D eigenvalue weighted by molar-refractivity contribution is -0.117. The van der Waals surface area contributed by atoms with Crippen LogP contribution in [0, 0.1) is 5.41 Å². The van der Waals surface area contributed by atoms with Gasteiger partial charge in [0.05, 0.1) is 5.56 Å². The topological polar surface area (TPSA) is 54.4 Å². The Kier molecular flexibility index (Phi) is 3.31. The van der Waals surface area contributed by atoms with E-state index < -0.39 is 5.97 Å². The van der Waals surface area contributed by atoms with Crippen LogP contribution in [-0.4, -0.2) is 16.9 Å². The van der Waals surface area contributed by atoms with Gasteiger partial charge in [0.1, 0.15) is 0 Å². The van der Waals surface area contributed by atoms with Gasteiger partial charge in [-0.3, -0.25) is 4.79 Å². The minimum atomic E-state index is -0.923. The number of ketones is 1. The van der Waals surface area contributed by atoms with Crippen molar-refractivity contribution < 1.29 is 14.7 Å². The highest BCUT2D eigenvalue weighted by Crippen LogP contribution is 2.46. The molecule has 1 atom stereocenters. The van der Waals surface area contributed by atoms with Gasteiger partial charge >= 0.3 is 5.97 Å². The number of carbonyl (C=O) groups is 2. The molecule has 0 bridgehead atoms. The van der Waals surface area contributed by atoms with Crippen LogP contribution in [0.25, 0.3) is 0 Å². The smallest absolute Gasteiger partial charge is 0.335 e. The summed E-state index contributed by atoms with van der Waals surface area (Å²) in [6.07, 6.45) is 2.18. The molecule has 0 aliphatic heterocycles. The molecule has 0 amide bonds. The van der Waals surface area contributed by atoms with Crippen LogP contribution in [0.4, 0.5) is 0 Å². The largest absolute Gasteiger partial charge is 0.478 e. The molecule has 0 saturated heterocycles. The maximum absolute atomic E-state index is 11.7. The quantitative estimate of drug-likeness (QED) is 0.884. The third-order valence-corrected chi connectivity index (χ3v) is 3.72. The maximum atomic E-state index is 11.7. The molecule has 0 fully saturated rings. The van der Waals surface area contributed by atoms with Gasteiger partial charge in [-0.25, -0.2) is 4.79 Å². The van der Waals surface area contributed by atoms with E-state index in [1.165, 1.54) is 0 Å². The number of allylic oxidation sites excluding steroid dienone is 2. The molecule has 0 radical (unpaired) electrons. The van der Waals surface area contributed by atoms with E-state index in [9.17, 15) is 9.59 Å². The van der Waals surface area contributed by atoms with Crippen molar-refractivity contribution in [1.82, 2.24) is 0 Å². The van der Waals surface area contributed by atoms with E-state index in [0.717, 1.165) is 11.1 Å². The molecular formula is C16H18O3. The molecule has 1 aliphatic carbocycles. The van der Waals surface area contributed by atoms with Gasteiger partial charge in [0.15, 0.2) is 5.78 Å². The second-order valence-electron chi connectivity index (χ2n) is 5.88. The lowest BCUT2D eigenvalue weighted by Crippen LogP contribution is -2.30. The zero-order valence-corrected chi connectivity index (χ0v) is 11.4. The lowest BCUT2D eigenvalue weighted by Gasteiger charge is -2.38. The number of carboxylic acids is 1. The maximum Gasteiger partial charge on any atom is 0.335 e. The Hall–Kier alpha value is -1.90. The molecule has 0 heterocycles. The third kappa shape index (κ3) is 2.60. The number of carboxylic acid groups (broad SMARTS) is 1. The van der Waals surface area contributed by atoms with Gasteiger partial charge in [0, 0.05) is 12.3 Å². The third-order valence-electron chi connectivity index (χ3n) is 3.72. The summed E-state index contributed by atoms with van der Waals surface area (Å²) in [6, 6.07) is 7.00. The van der Waals surface area contributed by atoms with E-state index in [1.54, 1.807) is 24.3 Å². The van der Waals surface area contributed by atoms with E-state index >= 15 is 0 Å². The standard InChI is InChI=1S/C16H18O3/c1-10-7-13(17)9-16(2,3)14(10)11-5-4-6-12(8-11)15(18)19/h4-8,14H,9H2,1-3H3,(H,18,19). The molecule has 0 saturated carbocycles. The zero-order valence-electron chi connectivity index (χ0n) is 11.4. The van der Waals surface area contributed by atoms with Gasteiger partial charge in [0.25, 0.3) is 0 Å². The molecule has 1 aromatic rings. The molecule has 2 rings (SSSR count). The SMILES string of the molecule is CC1=CC(=O)CC(C)(C)C1c1cccc(C(=O)O)c1. The Bertz CT molecular complexity index is 567. The summed E-state index contributed by atoms with van der Waals surface area (Å²) in [4.78, 5) is 22.7. The van der Waals surface area contributed by atoms with Crippen molar-refractivity contribution in [3.8, 4) is 0 Å². The summed E-state index contributed by atoms with van der Waals surface area (Å²) in [5.74, 6) is -0.689. The van der Waals surface area contributed by atoms with Crippen LogP contribution in [0.2, 0.25) is 0 Å². The first-order chi connectivity index (χ1) is 8.81. The summed E-state index contributed by atoms with van der Waals surface area (Å²) >= 11 is 0. The fourth-order valence-electron chi connectivity index (χ4n) is 3.12. The van der Waals surface area contributed by atoms with E-state index in [2.05, 4.69) is 13.8 Å². The van der Waals surface area contributed by atoms with Gasteiger partial charge in [-0.1, -0.05) is 31.6 Å². The predicted molar refractivity (Wildman–Crippen MR) is 73.3 cm³/mol. The highest BCUT2D eigenvalue weighted by atomic mass is 16.4. The van der Waals surface area contributed by atoms with Crippen LogP contribution in [0.3, 0.4) is 0 Å². The highest BCUT2D eigenvalue weighted by Gasteiger charge is 2.37. The summed E-state index contributed by atoms with van der Waals surface area (Å²) in [7, 11) is 0. The molecule has 1 aliphatic rings. The van der Waals surface area contributed by atoms with Crippen LogP contribution in [-0.2, 0) is 4.79 Å². The predicted octanol–water partition coefficient (Wildman–Crippen LogP) is 3.41. The van der Waals surface area contributed by atoms with E-state index in [-0.39, 0.29) is 22.7 Å². The molecule has 0 spiro atoms. The average molecular weight is 258 g/mol. The Morgan fingerprint density at radius 3 is 2.63 bits per heavy atom. The van der Waals surface area contributed by atoms with E-state index in [4.69, 9.17) is 5.11 Å². The second kappa shape index (κ2) is 4.65. The summed E-state index contributed by atoms with van der Waals surface area (Å²) in [5, 5.41) is 9.08. The van der Waals surface area contributed by atoms with Crippen LogP contribution in [0.1, 0.15) is 49.0 Å². The molecule has 1 aromatic carbocycles. The first-order valence-electron chi connectivity index (χ1n) is 6.35. The van der Waals surface area contributed by atoms with Crippen LogP contribution < -0.4 is 0 Å². The van der Waals surface area contributed by atoms with E-state index in [1.807, 2.05) is 13.0 Å². The van der Waals surface area contributed by atoms with Gasteiger partial charge < -0.3 is 5.11 Å². The van der Waals surface area contributed by atoms with Crippen molar-refractivity contribution in [1.29, 1.82) is 0 Å². The minimum absolute atomic E-state index is 0.0875. The van der Waals surface area contributed by atoms with Crippen LogP contribution in [0.15, 0.2) is 35.9 Å². The molecular weight excluding hydrogens is 240 g/mol. The summed E-state index contributed by atoms with van der Waals surface area (Å²) < 4.78 is 0. The minimum Gasteiger partial charge on any atom is -0.478 e. The number of hydrogen-bond acceptors (Lipinski definition) is 2. The van der Waals surface area contributed by atoms with Crippen molar-refractivity contribution in [2.75, 3.05) is 0 Å². The van der Waals surface area contributed by atoms with Crippen molar-refractivity contribution in [3.05, 3.63) is 47.0 Å². The molecule has 3 nitrogen and oxygen atoms in total. The fraction of sp³-hybridized carbons (Fsp3) is 0.375. The number of rotatable bonds is 2. The Balaban J connectivity index is 2.50. The number of benzene rings is 1. The van der Waals surface area contributed by atoms with Crippen molar-refractivity contribution in [2.45, 2.75) is 33.1 Å². The summed E-state index contributed by atoms with van der Waals surface area (Å²) in [6.45, 7) is 6.05. The average Bonchev–Trinajstić information content (AvgIpc) is 2.26. The van der Waals surface area contributed by atoms with Gasteiger partial charge in [-0.05, 0) is 36.1 Å². The molecule has 0 aromatic heterocycles. The lowest BCUT2D eigenvalue weighted by atomic mass is 9.65. The number of aromatic carboxylic acids is 1. The number of carbonyl (C=O) groups excluding carboxylic acids is 1. The molecule has 100 valence electrons. The fourth-order valence-corrected chi connectivity index (χ4v) is 3.12. The monoisotopic (exact) mass is 258 g/mol. The molecule has 19 heavy (non-hydrogen) atoms. The first kappa shape index (κ1) is 13.5. The van der Waals surface area contributed by atoms with Gasteiger partial charge in [0.2, 0.25) is 0 Å².